The van der Waals surface area contributed by atoms with Crippen molar-refractivity contribution in [3.63, 3.8) is 0 Å². The van der Waals surface area contributed by atoms with Gasteiger partial charge in [0.15, 0.2) is 0 Å². The molecule has 4 heteroatoms. The molecule has 2 rings (SSSR count). The Morgan fingerprint density at radius 2 is 2.05 bits per heavy atom. The van der Waals surface area contributed by atoms with Gasteiger partial charge in [0.25, 0.3) is 0 Å². The minimum absolute atomic E-state index is 0.0519. The summed E-state index contributed by atoms with van der Waals surface area (Å²) in [5.41, 5.74) is 4.27. The summed E-state index contributed by atoms with van der Waals surface area (Å²) in [6, 6.07) is 8.03. The third-order valence-electron chi connectivity index (χ3n) is 2.93. The van der Waals surface area contributed by atoms with Crippen molar-refractivity contribution in [2.75, 3.05) is 0 Å². The number of nitrogens with zero attached hydrogens (tertiary/aromatic N) is 2. The number of carboxylic acids is 1. The van der Waals surface area contributed by atoms with Crippen molar-refractivity contribution in [3.8, 4) is 11.3 Å². The Morgan fingerprint density at radius 1 is 1.26 bits per heavy atom. The van der Waals surface area contributed by atoms with Crippen molar-refractivity contribution in [1.29, 1.82) is 0 Å². The smallest absolute Gasteiger partial charge is 0.303 e. The van der Waals surface area contributed by atoms with Crippen LogP contribution in [0.4, 0.5) is 0 Å². The number of carboxylic acid groups (broad SMARTS) is 1. The Morgan fingerprint density at radius 3 is 2.74 bits per heavy atom. The molecule has 19 heavy (non-hydrogen) atoms. The molecule has 4 nitrogen and oxygen atoms in total. The Bertz CT molecular complexity index is 609. The molecule has 0 aliphatic heterocycles. The van der Waals surface area contributed by atoms with Crippen molar-refractivity contribution in [2.24, 2.45) is 0 Å². The summed E-state index contributed by atoms with van der Waals surface area (Å²) in [5.74, 6) is -0.264. The minimum atomic E-state index is -0.833. The predicted molar refractivity (Wildman–Crippen MR) is 72.9 cm³/mol. The van der Waals surface area contributed by atoms with Gasteiger partial charge in [-0.3, -0.25) is 4.79 Å². The maximum atomic E-state index is 10.6. The molecule has 0 atom stereocenters. The number of benzene rings is 1. The third kappa shape index (κ3) is 3.37. The number of carbonyl (C=O) groups is 1. The molecule has 98 valence electrons. The first kappa shape index (κ1) is 13.2. The summed E-state index contributed by atoms with van der Waals surface area (Å²) >= 11 is 0. The maximum absolute atomic E-state index is 10.6. The van der Waals surface area contributed by atoms with Crippen molar-refractivity contribution in [3.05, 3.63) is 47.4 Å². The molecule has 0 fully saturated rings. The Kier molecular flexibility index (Phi) is 3.90. The van der Waals surface area contributed by atoms with E-state index in [-0.39, 0.29) is 6.42 Å². The lowest BCUT2D eigenvalue weighted by molar-refractivity contribution is -0.137. The third-order valence-corrected chi connectivity index (χ3v) is 2.93. The lowest BCUT2D eigenvalue weighted by Crippen LogP contribution is -2.02. The molecule has 1 heterocycles. The van der Waals surface area contributed by atoms with Crippen LogP contribution in [0.25, 0.3) is 11.3 Å². The average Bonchev–Trinajstić information content (AvgIpc) is 2.36. The molecule has 2 aromatic rings. The Hall–Kier alpha value is -2.23. The SMILES string of the molecule is Cc1ccc(-c2ccnc(CCC(=O)O)n2)c(C)c1. The number of aromatic nitrogens is 2. The number of hydrogen-bond acceptors (Lipinski definition) is 3. The summed E-state index contributed by atoms with van der Waals surface area (Å²) in [6.07, 6.45) is 2.09. The van der Waals surface area contributed by atoms with Crippen LogP contribution in [-0.2, 0) is 11.2 Å². The van der Waals surface area contributed by atoms with E-state index in [9.17, 15) is 4.79 Å². The van der Waals surface area contributed by atoms with Gasteiger partial charge in [0.2, 0.25) is 0 Å². The molecule has 1 aromatic carbocycles. The molecule has 0 bridgehead atoms. The zero-order valence-electron chi connectivity index (χ0n) is 11.1. The first-order valence-corrected chi connectivity index (χ1v) is 6.17. The molecule has 0 aliphatic carbocycles. The van der Waals surface area contributed by atoms with E-state index >= 15 is 0 Å². The van der Waals surface area contributed by atoms with Crippen molar-refractivity contribution in [2.45, 2.75) is 26.7 Å². The van der Waals surface area contributed by atoms with E-state index in [0.29, 0.717) is 12.2 Å². The summed E-state index contributed by atoms with van der Waals surface area (Å²) in [5, 5.41) is 8.68. The van der Waals surface area contributed by atoms with Gasteiger partial charge in [-0.1, -0.05) is 23.8 Å². The van der Waals surface area contributed by atoms with Gasteiger partial charge in [0.1, 0.15) is 5.82 Å². The Labute approximate surface area is 112 Å². The van der Waals surface area contributed by atoms with E-state index in [1.54, 1.807) is 6.20 Å². The van der Waals surface area contributed by atoms with Crippen LogP contribution >= 0.6 is 0 Å². The molecule has 0 saturated heterocycles. The second-order valence-electron chi connectivity index (χ2n) is 4.57. The van der Waals surface area contributed by atoms with Gasteiger partial charge >= 0.3 is 5.97 Å². The second kappa shape index (κ2) is 5.61. The molecule has 0 saturated carbocycles. The standard InChI is InChI=1S/C15H16N2O2/c1-10-3-4-12(11(2)9-10)13-7-8-16-14(17-13)5-6-15(18)19/h3-4,7-9H,5-6H2,1-2H3,(H,18,19). The van der Waals surface area contributed by atoms with Gasteiger partial charge in [-0.2, -0.15) is 0 Å². The van der Waals surface area contributed by atoms with E-state index in [1.807, 2.05) is 25.1 Å². The van der Waals surface area contributed by atoms with Crippen LogP contribution in [0.5, 0.6) is 0 Å². The van der Waals surface area contributed by atoms with E-state index in [4.69, 9.17) is 5.11 Å². The van der Waals surface area contributed by atoms with Crippen molar-refractivity contribution in [1.82, 2.24) is 9.97 Å². The maximum Gasteiger partial charge on any atom is 0.303 e. The fourth-order valence-electron chi connectivity index (χ4n) is 1.99. The first-order valence-electron chi connectivity index (χ1n) is 6.17. The predicted octanol–water partition coefficient (Wildman–Crippen LogP) is 2.78. The second-order valence-corrected chi connectivity index (χ2v) is 4.57. The van der Waals surface area contributed by atoms with Crippen LogP contribution < -0.4 is 0 Å². The molecular weight excluding hydrogens is 240 g/mol. The van der Waals surface area contributed by atoms with Crippen LogP contribution in [-0.4, -0.2) is 21.0 Å². The summed E-state index contributed by atoms with van der Waals surface area (Å²) in [7, 11) is 0. The first-order chi connectivity index (χ1) is 9.06. The van der Waals surface area contributed by atoms with Gasteiger partial charge < -0.3 is 5.11 Å². The zero-order valence-corrected chi connectivity index (χ0v) is 11.1. The minimum Gasteiger partial charge on any atom is -0.481 e. The normalized spacial score (nSPS) is 10.4. The van der Waals surface area contributed by atoms with Gasteiger partial charge in [0, 0.05) is 18.2 Å². The lowest BCUT2D eigenvalue weighted by Gasteiger charge is -2.07. The van der Waals surface area contributed by atoms with Crippen molar-refractivity contribution >= 4 is 5.97 Å². The largest absolute Gasteiger partial charge is 0.481 e. The topological polar surface area (TPSA) is 63.1 Å². The summed E-state index contributed by atoms with van der Waals surface area (Å²) in [4.78, 5) is 19.1. The van der Waals surface area contributed by atoms with Gasteiger partial charge in [-0.15, -0.1) is 0 Å². The number of aryl methyl sites for hydroxylation is 3. The fourth-order valence-corrected chi connectivity index (χ4v) is 1.99. The van der Waals surface area contributed by atoms with Gasteiger partial charge in [-0.25, -0.2) is 9.97 Å². The summed E-state index contributed by atoms with van der Waals surface area (Å²) < 4.78 is 0. The molecule has 1 N–H and O–H groups in total. The van der Waals surface area contributed by atoms with E-state index in [1.165, 1.54) is 5.56 Å². The average molecular weight is 256 g/mol. The monoisotopic (exact) mass is 256 g/mol. The van der Waals surface area contributed by atoms with E-state index in [0.717, 1.165) is 16.8 Å². The van der Waals surface area contributed by atoms with Crippen LogP contribution in [0, 0.1) is 13.8 Å². The summed E-state index contributed by atoms with van der Waals surface area (Å²) in [6.45, 7) is 4.09. The van der Waals surface area contributed by atoms with Gasteiger partial charge in [-0.05, 0) is 25.5 Å². The zero-order chi connectivity index (χ0) is 13.8. The molecule has 0 aliphatic rings. The number of aliphatic carboxylic acids is 1. The fraction of sp³-hybridized carbons (Fsp3) is 0.267. The highest BCUT2D eigenvalue weighted by molar-refractivity contribution is 5.67. The van der Waals surface area contributed by atoms with E-state index < -0.39 is 5.97 Å². The highest BCUT2D eigenvalue weighted by Gasteiger charge is 2.06. The van der Waals surface area contributed by atoms with Crippen LogP contribution in [0.15, 0.2) is 30.5 Å². The van der Waals surface area contributed by atoms with Gasteiger partial charge in [0.05, 0.1) is 12.1 Å². The molecular formula is C15H16N2O2. The van der Waals surface area contributed by atoms with E-state index in [2.05, 4.69) is 23.0 Å². The van der Waals surface area contributed by atoms with Crippen molar-refractivity contribution < 1.29 is 9.90 Å². The molecule has 0 amide bonds. The molecule has 0 spiro atoms. The molecule has 0 unspecified atom stereocenters. The lowest BCUT2D eigenvalue weighted by atomic mass is 10.0. The number of hydrogen-bond donors (Lipinski definition) is 1. The highest BCUT2D eigenvalue weighted by Crippen LogP contribution is 2.22. The van der Waals surface area contributed by atoms with Crippen LogP contribution in [0.1, 0.15) is 23.4 Å². The van der Waals surface area contributed by atoms with Crippen LogP contribution in [0.3, 0.4) is 0 Å². The number of rotatable bonds is 4. The van der Waals surface area contributed by atoms with Crippen LogP contribution in [0.2, 0.25) is 0 Å². The Balaban J connectivity index is 2.29. The molecule has 1 aromatic heterocycles. The molecule has 0 radical (unpaired) electrons. The highest BCUT2D eigenvalue weighted by atomic mass is 16.4. The quantitative estimate of drug-likeness (QED) is 0.913.